The Kier molecular flexibility index (Phi) is 37.6. The first-order chi connectivity index (χ1) is 60.4. The Morgan fingerprint density at radius 3 is 1.80 bits per heavy atom. The second-order valence-electron chi connectivity index (χ2n) is 33.9. The molecule has 3 aromatic carbocycles. The number of nitrogens with zero attached hydrogens (tertiary/aromatic N) is 5. The summed E-state index contributed by atoms with van der Waals surface area (Å²) in [6.45, 7) is 9.72. The number of nitrogens with two attached hydrogens (primary N) is 3. The molecule has 0 radical (unpaired) electrons. The number of likely N-dealkylation sites (N-methyl/N-ethyl adjacent to an activating group) is 3. The number of Topliss-reactive ketones (excluding diaryl/α,β-unsaturated/α-hetero) is 1. The molecule has 127 heavy (non-hydrogen) atoms. The van der Waals surface area contributed by atoms with Crippen molar-refractivity contribution in [2.45, 2.75) is 248 Å². The fourth-order valence-corrected chi connectivity index (χ4v) is 16.3. The number of carbonyl (C=O) groups excluding carboxylic acids is 15. The molecule has 14 amide bonds. The second-order valence-corrected chi connectivity index (χ2v) is 33.9. The van der Waals surface area contributed by atoms with Crippen LogP contribution < -0.4 is 70.4 Å². The number of carbonyl (C=O) groups is 16. The number of nitrogens with one attached hydrogen (secondary N) is 11. The van der Waals surface area contributed by atoms with Crippen LogP contribution in [0.3, 0.4) is 0 Å². The Bertz CT molecular complexity index is 4730. The van der Waals surface area contributed by atoms with Gasteiger partial charge in [0.25, 0.3) is 0 Å². The molecule has 39 heteroatoms. The lowest BCUT2D eigenvalue weighted by Gasteiger charge is -2.36. The molecule has 3 saturated heterocycles. The molecule has 3 fully saturated rings. The van der Waals surface area contributed by atoms with E-state index < -0.39 is 218 Å². The number of ketones is 1. The van der Waals surface area contributed by atoms with Crippen LogP contribution in [0.1, 0.15) is 149 Å². The number of aliphatic hydroxyl groups excluding tert-OH is 1. The van der Waals surface area contributed by atoms with E-state index in [0.717, 1.165) is 9.80 Å². The Morgan fingerprint density at radius 2 is 1.14 bits per heavy atom. The summed E-state index contributed by atoms with van der Waals surface area (Å²) in [6, 6.07) is -0.606. The normalized spacial score (nSPS) is 25.7. The smallest absolute Gasteiger partial charge is 0.323 e. The monoisotopic (exact) mass is 1770 g/mol. The fraction of sp³-hybridized carbons (Fsp3) is 0.568. The number of aliphatic hydroxyl groups is 1. The summed E-state index contributed by atoms with van der Waals surface area (Å²) in [5.41, 5.74) is 20.6. The van der Waals surface area contributed by atoms with E-state index >= 15 is 19.2 Å². The van der Waals surface area contributed by atoms with Crippen LogP contribution in [0.4, 0.5) is 0 Å². The van der Waals surface area contributed by atoms with Crippen molar-refractivity contribution in [3.63, 3.8) is 0 Å². The lowest BCUT2D eigenvalue weighted by molar-refractivity contribution is -0.149. The predicted octanol–water partition coefficient (Wildman–Crippen LogP) is -1.23. The average Bonchev–Trinajstić information content (AvgIpc) is 1.77. The second kappa shape index (κ2) is 47.6. The van der Waals surface area contributed by atoms with Crippen molar-refractivity contribution >= 4 is 116 Å². The molecule has 3 aliphatic rings. The number of para-hydroxylation sites is 2. The van der Waals surface area contributed by atoms with Crippen molar-refractivity contribution in [2.75, 3.05) is 60.5 Å². The van der Waals surface area contributed by atoms with Gasteiger partial charge in [0, 0.05) is 94.2 Å². The molecule has 15 atom stereocenters. The van der Waals surface area contributed by atoms with Gasteiger partial charge in [-0.1, -0.05) is 116 Å². The van der Waals surface area contributed by atoms with E-state index in [9.17, 15) is 72.9 Å². The number of phenols is 1. The van der Waals surface area contributed by atoms with E-state index in [1.165, 1.54) is 72.9 Å². The van der Waals surface area contributed by atoms with Crippen molar-refractivity contribution in [3.05, 3.63) is 102 Å². The van der Waals surface area contributed by atoms with Crippen LogP contribution in [-0.4, -0.2) is 290 Å². The van der Waals surface area contributed by atoms with Crippen LogP contribution >= 0.6 is 0 Å². The van der Waals surface area contributed by atoms with E-state index in [2.05, 4.69) is 58.2 Å². The summed E-state index contributed by atoms with van der Waals surface area (Å²) in [5.74, 6) is -14.6. The first-order valence-electron chi connectivity index (χ1n) is 43.5. The van der Waals surface area contributed by atoms with E-state index in [4.69, 9.17) is 21.9 Å². The SMILES string of the molecule is CCCC[C@H]1C(=O)N(C)[C@@H](CCCC)C(=O)N[C@@H](CC(C)C)C(=O)NCCOCC(=O)N[C@@H](Cc2ccc(O)cc2)C(=O)N(C)[C@@H](C)C(=O)N[C@@H](CC(N)=O)C(=O)N2CCC[C@H]2C(=O)N[C@@H](CN)C(=O)N[C@@H](CC(C)C)C(=O)C2N[C@@H](C[C@H]2O)C(=O)N[C@@H](Cc2c[nH]c3ccccc23)C(=O)N[C@@H](CCN)C(=O)N[C@@H](Cc2cn(CC(=O)O)c3ccccc23)C(=O)N1C. The summed E-state index contributed by atoms with van der Waals surface area (Å²) in [7, 11) is 4.05. The Labute approximate surface area is 737 Å². The number of H-pyrrole nitrogens is 1. The first kappa shape index (κ1) is 100. The number of hydrogen-bond donors (Lipinski definition) is 17. The number of unbranched alkanes of at least 4 members (excludes halogenated alkanes) is 2. The van der Waals surface area contributed by atoms with Gasteiger partial charge in [-0.15, -0.1) is 0 Å². The van der Waals surface area contributed by atoms with Gasteiger partial charge in [0.2, 0.25) is 82.7 Å². The third-order valence-electron chi connectivity index (χ3n) is 23.3. The number of ether oxygens (including phenoxy) is 1. The third kappa shape index (κ3) is 27.5. The number of hydrogen-bond acceptors (Lipinski definition) is 22. The van der Waals surface area contributed by atoms with Crippen LogP contribution in [0, 0.1) is 11.8 Å². The minimum Gasteiger partial charge on any atom is -0.508 e. The molecular weight excluding hydrogens is 1640 g/mol. The van der Waals surface area contributed by atoms with Crippen molar-refractivity contribution in [2.24, 2.45) is 29.0 Å². The van der Waals surface area contributed by atoms with Crippen molar-refractivity contribution < 1.29 is 96.8 Å². The van der Waals surface area contributed by atoms with E-state index in [1.54, 1.807) is 68.6 Å². The number of benzene rings is 3. The van der Waals surface area contributed by atoms with Crippen molar-refractivity contribution in [1.82, 2.24) is 82.3 Å². The van der Waals surface area contributed by atoms with Gasteiger partial charge in [-0.25, -0.2) is 0 Å². The van der Waals surface area contributed by atoms with Crippen LogP contribution in [-0.2, 0) is 107 Å². The Morgan fingerprint density at radius 1 is 0.575 bits per heavy atom. The van der Waals surface area contributed by atoms with Crippen LogP contribution in [0.15, 0.2) is 85.2 Å². The highest BCUT2D eigenvalue weighted by Gasteiger charge is 2.47. The molecular formula is C88H127N19O20. The molecule has 1 unspecified atom stereocenters. The predicted molar refractivity (Wildman–Crippen MR) is 467 cm³/mol. The molecule has 2 bridgehead atoms. The number of carboxylic acids is 1. The van der Waals surface area contributed by atoms with Gasteiger partial charge in [-0.3, -0.25) is 82.0 Å². The summed E-state index contributed by atoms with van der Waals surface area (Å²) >= 11 is 0. The quantitative estimate of drug-likeness (QED) is 0.0364. The van der Waals surface area contributed by atoms with Gasteiger partial charge in [0.05, 0.1) is 37.3 Å². The van der Waals surface area contributed by atoms with E-state index in [0.29, 0.717) is 64.2 Å². The van der Waals surface area contributed by atoms with Crippen LogP contribution in [0.25, 0.3) is 21.8 Å². The molecule has 8 rings (SSSR count). The highest BCUT2D eigenvalue weighted by Crippen LogP contribution is 2.28. The number of aromatic nitrogens is 2. The average molecular weight is 1770 g/mol. The molecule has 20 N–H and O–H groups in total. The summed E-state index contributed by atoms with van der Waals surface area (Å²) < 4.78 is 7.17. The molecule has 0 saturated carbocycles. The Balaban J connectivity index is 1.15. The topological polar surface area (TPSA) is 575 Å². The molecule has 2 aromatic heterocycles. The summed E-state index contributed by atoms with van der Waals surface area (Å²) in [6.07, 6.45) is 1.74. The van der Waals surface area contributed by atoms with E-state index in [1.807, 2.05) is 27.7 Å². The minimum atomic E-state index is -1.72. The molecule has 3 aliphatic heterocycles. The largest absolute Gasteiger partial charge is 0.508 e. The fourth-order valence-electron chi connectivity index (χ4n) is 16.3. The van der Waals surface area contributed by atoms with Crippen molar-refractivity contribution in [1.29, 1.82) is 0 Å². The zero-order chi connectivity index (χ0) is 93.2. The number of aromatic amines is 1. The molecule has 5 aromatic rings. The first-order valence-corrected chi connectivity index (χ1v) is 43.5. The van der Waals surface area contributed by atoms with Gasteiger partial charge in [-0.05, 0) is 118 Å². The molecule has 0 aliphatic carbocycles. The number of amides is 14. The van der Waals surface area contributed by atoms with Gasteiger partial charge < -0.3 is 114 Å². The van der Waals surface area contributed by atoms with Gasteiger partial charge in [0.1, 0.15) is 85.4 Å². The number of fused-ring (bicyclic) bond motifs is 5. The lowest BCUT2D eigenvalue weighted by Crippen LogP contribution is -2.61. The molecule has 39 nitrogen and oxygen atoms in total. The number of phenolic OH excluding ortho intramolecular Hbond substituents is 1. The number of aliphatic carboxylic acids is 1. The maximum atomic E-state index is 15.8. The van der Waals surface area contributed by atoms with Crippen molar-refractivity contribution in [3.8, 4) is 5.75 Å². The number of aromatic hydroxyl groups is 1. The Hall–Kier alpha value is -11.9. The molecule has 0 spiro atoms. The van der Waals surface area contributed by atoms with Crippen LogP contribution in [0.2, 0.25) is 0 Å². The zero-order valence-corrected chi connectivity index (χ0v) is 73.9. The third-order valence-corrected chi connectivity index (χ3v) is 23.3. The maximum absolute atomic E-state index is 15.8. The molecule has 694 valence electrons. The highest BCUT2D eigenvalue weighted by atomic mass is 16.5. The standard InChI is InChI=1S/C88H127N19O20/c1-11-13-23-68-83(121)99-60(37-49(5)6)78(116)92-33-35-127-47-73(111)94-63(38-51-27-29-54(108)30-28-51)85(123)103(8)50(7)77(115)100-65(42-72(91)110)87(125)107-34-19-26-69(107)84(122)102-66(43-90)82(120)97-59(36-48(3)4)76(114)75-71(109)41-62(95-75)81(119)98-61(39-52-44-93-57-22-17-15-20-55(52)57)80(118)96-58(31-32-89)79(117)101-64(86(124)105(10)70(24-14-12-2)88(126)104(68)9)40-53-45-106(46-74(112)113)67-25-18-16-21-56(53)67/h15-18,20-22,25,27-30,44-45,48-50,58-66,68-71,75,93,95,108-109H,11-14,19,23-24,26,31-43,46-47,89-90H2,1-10H3,(H2,91,110)(H,92,116)(H,94,111)(H,96,118)(H,97,120)(H,98,119)(H,99,121)(H,100,115)(H,101,117)(H,102,122)(H,112,113)/t50-,58-,59-,60-,61-,62-,63-,64-,65-,66-,68-,69-,70-,71+,75?/m0/s1. The van der Waals surface area contributed by atoms with Gasteiger partial charge in [-0.2, -0.15) is 0 Å². The summed E-state index contributed by atoms with van der Waals surface area (Å²) in [4.78, 5) is 240. The highest BCUT2D eigenvalue weighted by molar-refractivity contribution is 6.02. The number of rotatable bonds is 23. The number of primary amides is 1. The molecule has 5 heterocycles. The number of carboxylic acid groups (broad SMARTS) is 1. The lowest BCUT2D eigenvalue weighted by atomic mass is 9.94. The minimum absolute atomic E-state index is 0.0198. The van der Waals surface area contributed by atoms with Gasteiger partial charge >= 0.3 is 5.97 Å². The maximum Gasteiger partial charge on any atom is 0.323 e. The summed E-state index contributed by atoms with van der Waals surface area (Å²) in [5, 5.41) is 60.4. The van der Waals surface area contributed by atoms with Crippen LogP contribution in [0.5, 0.6) is 5.75 Å². The van der Waals surface area contributed by atoms with Gasteiger partial charge in [0.15, 0.2) is 5.78 Å². The van der Waals surface area contributed by atoms with E-state index in [-0.39, 0.29) is 108 Å². The zero-order valence-electron chi connectivity index (χ0n) is 73.9.